The van der Waals surface area contributed by atoms with Crippen molar-refractivity contribution in [1.82, 2.24) is 0 Å². The zero-order chi connectivity index (χ0) is 18.8. The van der Waals surface area contributed by atoms with Gasteiger partial charge in [0.1, 0.15) is 0 Å². The second-order valence-corrected chi connectivity index (χ2v) is 6.05. The molecule has 0 fully saturated rings. The van der Waals surface area contributed by atoms with E-state index in [1.807, 2.05) is 6.07 Å². The van der Waals surface area contributed by atoms with Gasteiger partial charge in [-0.1, -0.05) is 5.16 Å². The second-order valence-electron chi connectivity index (χ2n) is 4.95. The maximum absolute atomic E-state index is 13.5. The molecule has 1 aliphatic heterocycles. The third-order valence-electron chi connectivity index (χ3n) is 3.18. The van der Waals surface area contributed by atoms with Crippen molar-refractivity contribution in [3.05, 3.63) is 22.6 Å². The third-order valence-corrected chi connectivity index (χ3v) is 4.33. The average Bonchev–Trinajstić information content (AvgIpc) is 3.12. The topological polar surface area (TPSA) is 65.7 Å². The summed E-state index contributed by atoms with van der Waals surface area (Å²) in [5.74, 6) is -6.69. The SMILES string of the molecule is CN(CCC#N)c1ccc(C=C2C(=O)ON=C2C(F)(F)C(F)(F)F)s1. The van der Waals surface area contributed by atoms with Gasteiger partial charge in [0.15, 0.2) is 5.71 Å². The van der Waals surface area contributed by atoms with Gasteiger partial charge in [0.25, 0.3) is 0 Å². The van der Waals surface area contributed by atoms with Crippen LogP contribution in [0.15, 0.2) is 22.9 Å². The molecule has 1 aliphatic rings. The molecule has 11 heteroatoms. The predicted molar refractivity (Wildman–Crippen MR) is 80.3 cm³/mol. The Morgan fingerprint density at radius 1 is 1.36 bits per heavy atom. The molecule has 134 valence electrons. The maximum Gasteiger partial charge on any atom is 0.459 e. The van der Waals surface area contributed by atoms with Crippen LogP contribution in [0.1, 0.15) is 11.3 Å². The first-order chi connectivity index (χ1) is 11.6. The molecule has 0 saturated carbocycles. The fraction of sp³-hybridized carbons (Fsp3) is 0.357. The van der Waals surface area contributed by atoms with Gasteiger partial charge < -0.3 is 9.74 Å². The number of anilines is 1. The van der Waals surface area contributed by atoms with Gasteiger partial charge in [0.2, 0.25) is 0 Å². The molecular weight excluding hydrogens is 369 g/mol. The third kappa shape index (κ3) is 3.79. The Bertz CT molecular complexity index is 776. The van der Waals surface area contributed by atoms with Crippen molar-refractivity contribution < 1.29 is 31.6 Å². The van der Waals surface area contributed by atoms with E-state index in [1.165, 1.54) is 6.07 Å². The standard InChI is InChI=1S/C14H10F5N3O2S/c1-22(6-2-5-20)10-4-3-8(25-10)7-9-11(21-24-12(9)23)13(15,16)14(17,18)19/h3-4,7H,2,6H2,1H3. The van der Waals surface area contributed by atoms with Gasteiger partial charge in [-0.15, -0.1) is 11.3 Å². The van der Waals surface area contributed by atoms with Crippen molar-refractivity contribution in [3.8, 4) is 6.07 Å². The lowest BCUT2D eigenvalue weighted by Crippen LogP contribution is -2.44. The van der Waals surface area contributed by atoms with E-state index in [1.54, 1.807) is 18.0 Å². The van der Waals surface area contributed by atoms with Crippen LogP contribution in [0.2, 0.25) is 0 Å². The summed E-state index contributed by atoms with van der Waals surface area (Å²) < 4.78 is 64.4. The molecule has 0 bridgehead atoms. The van der Waals surface area contributed by atoms with E-state index in [-0.39, 0.29) is 11.3 Å². The summed E-state index contributed by atoms with van der Waals surface area (Å²) in [6.07, 6.45) is -4.77. The molecule has 0 unspecified atom stereocenters. The van der Waals surface area contributed by atoms with Crippen molar-refractivity contribution >= 4 is 34.1 Å². The van der Waals surface area contributed by atoms with Crippen molar-refractivity contribution in [1.29, 1.82) is 5.26 Å². The van der Waals surface area contributed by atoms with Crippen LogP contribution in [0.25, 0.3) is 6.08 Å². The summed E-state index contributed by atoms with van der Waals surface area (Å²) in [6, 6.07) is 5.00. The molecule has 1 aromatic heterocycles. The van der Waals surface area contributed by atoms with Gasteiger partial charge in [-0.3, -0.25) is 0 Å². The van der Waals surface area contributed by atoms with Gasteiger partial charge >= 0.3 is 18.1 Å². The molecule has 0 saturated heterocycles. The highest BCUT2D eigenvalue weighted by Gasteiger charge is 2.64. The number of carbonyl (C=O) groups excluding carboxylic acids is 1. The van der Waals surface area contributed by atoms with E-state index in [0.29, 0.717) is 11.5 Å². The van der Waals surface area contributed by atoms with Crippen molar-refractivity contribution in [2.75, 3.05) is 18.5 Å². The molecule has 5 nitrogen and oxygen atoms in total. The van der Waals surface area contributed by atoms with Crippen LogP contribution in [0.3, 0.4) is 0 Å². The molecule has 0 aromatic carbocycles. The number of halogens is 5. The van der Waals surface area contributed by atoms with Crippen LogP contribution in [-0.2, 0) is 9.63 Å². The Kier molecular flexibility index (Phi) is 5.12. The van der Waals surface area contributed by atoms with E-state index in [0.717, 1.165) is 17.4 Å². The van der Waals surface area contributed by atoms with Crippen LogP contribution < -0.4 is 4.90 Å². The molecule has 25 heavy (non-hydrogen) atoms. The summed E-state index contributed by atoms with van der Waals surface area (Å²) in [5.41, 5.74) is -2.71. The van der Waals surface area contributed by atoms with Crippen LogP contribution in [0.4, 0.5) is 27.0 Å². The Morgan fingerprint density at radius 3 is 2.64 bits per heavy atom. The highest BCUT2D eigenvalue weighted by atomic mass is 32.1. The first-order valence-corrected chi connectivity index (χ1v) is 7.54. The number of carbonyl (C=O) groups is 1. The first kappa shape index (κ1) is 18.9. The zero-order valence-corrected chi connectivity index (χ0v) is 13.4. The van der Waals surface area contributed by atoms with Crippen LogP contribution in [-0.4, -0.2) is 37.4 Å². The predicted octanol–water partition coefficient (Wildman–Crippen LogP) is 3.59. The van der Waals surface area contributed by atoms with Gasteiger partial charge in [0, 0.05) is 18.5 Å². The number of nitrogens with zero attached hydrogens (tertiary/aromatic N) is 3. The molecule has 0 spiro atoms. The summed E-state index contributed by atoms with van der Waals surface area (Å²) in [4.78, 5) is 17.5. The summed E-state index contributed by atoms with van der Waals surface area (Å²) in [5, 5.41) is 11.8. The summed E-state index contributed by atoms with van der Waals surface area (Å²) in [6.45, 7) is 0.411. The Labute approximate surface area is 142 Å². The Hall–Kier alpha value is -2.48. The monoisotopic (exact) mass is 379 g/mol. The molecule has 0 aliphatic carbocycles. The van der Waals surface area contributed by atoms with Crippen LogP contribution >= 0.6 is 11.3 Å². The zero-order valence-electron chi connectivity index (χ0n) is 12.6. The van der Waals surface area contributed by atoms with E-state index in [9.17, 15) is 26.7 Å². The smallest absolute Gasteiger partial charge is 0.365 e. The fourth-order valence-corrected chi connectivity index (χ4v) is 2.80. The molecule has 0 atom stereocenters. The highest BCUT2D eigenvalue weighted by Crippen LogP contribution is 2.41. The molecular formula is C14H10F5N3O2S. The lowest BCUT2D eigenvalue weighted by atomic mass is 10.0. The minimum atomic E-state index is -5.91. The number of thiophene rings is 1. The summed E-state index contributed by atoms with van der Waals surface area (Å²) >= 11 is 1.05. The van der Waals surface area contributed by atoms with E-state index in [4.69, 9.17) is 5.26 Å². The van der Waals surface area contributed by atoms with Gasteiger partial charge in [0.05, 0.1) is 23.1 Å². The van der Waals surface area contributed by atoms with E-state index in [2.05, 4.69) is 9.99 Å². The number of alkyl halides is 5. The molecule has 0 radical (unpaired) electrons. The van der Waals surface area contributed by atoms with E-state index < -0.39 is 29.4 Å². The van der Waals surface area contributed by atoms with Gasteiger partial charge in [-0.25, -0.2) is 4.79 Å². The minimum Gasteiger partial charge on any atom is -0.365 e. The van der Waals surface area contributed by atoms with Crippen LogP contribution in [0.5, 0.6) is 0 Å². The lowest BCUT2D eigenvalue weighted by molar-refractivity contribution is -0.249. The normalized spacial score (nSPS) is 16.6. The number of hydrogen-bond acceptors (Lipinski definition) is 6. The lowest BCUT2D eigenvalue weighted by Gasteiger charge is -2.18. The second kappa shape index (κ2) is 6.79. The number of oxime groups is 1. The Balaban J connectivity index is 2.31. The molecule has 1 aromatic rings. The average molecular weight is 379 g/mol. The van der Waals surface area contributed by atoms with Crippen molar-refractivity contribution in [3.63, 3.8) is 0 Å². The quantitative estimate of drug-likeness (QED) is 0.446. The fourth-order valence-electron chi connectivity index (χ4n) is 1.87. The number of nitriles is 1. The molecule has 2 rings (SSSR count). The molecule has 2 heterocycles. The number of hydrogen-bond donors (Lipinski definition) is 0. The highest BCUT2D eigenvalue weighted by molar-refractivity contribution is 7.17. The van der Waals surface area contributed by atoms with Crippen molar-refractivity contribution in [2.24, 2.45) is 5.16 Å². The molecule has 0 N–H and O–H groups in total. The Morgan fingerprint density at radius 2 is 2.04 bits per heavy atom. The summed E-state index contributed by atoms with van der Waals surface area (Å²) in [7, 11) is 1.69. The largest absolute Gasteiger partial charge is 0.459 e. The van der Waals surface area contributed by atoms with E-state index >= 15 is 0 Å². The van der Waals surface area contributed by atoms with Gasteiger partial charge in [-0.05, 0) is 18.2 Å². The first-order valence-electron chi connectivity index (χ1n) is 6.72. The minimum absolute atomic E-state index is 0.256. The van der Waals surface area contributed by atoms with Crippen LogP contribution in [0, 0.1) is 11.3 Å². The maximum atomic E-state index is 13.5. The van der Waals surface area contributed by atoms with Gasteiger partial charge in [-0.2, -0.15) is 27.2 Å². The molecule has 0 amide bonds. The van der Waals surface area contributed by atoms with Crippen molar-refractivity contribution in [2.45, 2.75) is 18.5 Å². The number of rotatable bonds is 5.